The number of hydrogen-bond donors (Lipinski definition) is 2. The van der Waals surface area contributed by atoms with Gasteiger partial charge in [0.05, 0.1) is 6.20 Å². The fourth-order valence-electron chi connectivity index (χ4n) is 1.51. The zero-order valence-electron chi connectivity index (χ0n) is 11.0. The van der Waals surface area contributed by atoms with Crippen molar-refractivity contribution in [3.8, 4) is 0 Å². The topological polar surface area (TPSA) is 37.0 Å². The highest BCUT2D eigenvalue weighted by Gasteiger charge is 2.07. The zero-order valence-corrected chi connectivity index (χ0v) is 11.0. The molecule has 2 N–H and O–H groups in total. The van der Waals surface area contributed by atoms with Crippen LogP contribution in [0.1, 0.15) is 33.3 Å². The molecule has 0 bridgehead atoms. The maximum atomic E-state index is 13.2. The molecule has 0 fully saturated rings. The molecule has 0 aliphatic heterocycles. The Morgan fingerprint density at radius 2 is 2.00 bits per heavy atom. The molecule has 1 rings (SSSR count). The van der Waals surface area contributed by atoms with Crippen LogP contribution in [0, 0.1) is 11.7 Å². The molecule has 0 aliphatic rings. The van der Waals surface area contributed by atoms with E-state index in [0.29, 0.717) is 12.5 Å². The van der Waals surface area contributed by atoms with Crippen LogP contribution in [-0.2, 0) is 6.54 Å². The van der Waals surface area contributed by atoms with Crippen molar-refractivity contribution >= 4 is 5.82 Å². The highest BCUT2D eigenvalue weighted by atomic mass is 19.1. The molecule has 1 aromatic rings. The molecule has 17 heavy (non-hydrogen) atoms. The summed E-state index contributed by atoms with van der Waals surface area (Å²) in [5.41, 5.74) is 0.874. The Hall–Kier alpha value is -1.16. The van der Waals surface area contributed by atoms with E-state index in [0.717, 1.165) is 17.9 Å². The Kier molecular flexibility index (Phi) is 5.35. The number of aromatic nitrogens is 1. The Balaban J connectivity index is 2.69. The Bertz CT molecular complexity index is 351. The summed E-state index contributed by atoms with van der Waals surface area (Å²) >= 11 is 0. The second-order valence-electron chi connectivity index (χ2n) is 4.99. The van der Waals surface area contributed by atoms with Crippen molar-refractivity contribution in [1.29, 1.82) is 0 Å². The fraction of sp³-hybridized carbons (Fsp3) is 0.615. The molecule has 1 aromatic heterocycles. The molecule has 0 saturated carbocycles. The Morgan fingerprint density at radius 3 is 2.59 bits per heavy atom. The number of anilines is 1. The van der Waals surface area contributed by atoms with E-state index in [2.05, 4.69) is 29.5 Å². The molecule has 0 unspecified atom stereocenters. The SMILES string of the molecule is CC(C)CNCc1cc(F)cnc1NC(C)C. The van der Waals surface area contributed by atoms with Gasteiger partial charge in [0.15, 0.2) is 0 Å². The van der Waals surface area contributed by atoms with Crippen molar-refractivity contribution in [2.45, 2.75) is 40.3 Å². The number of nitrogens with one attached hydrogen (secondary N) is 2. The van der Waals surface area contributed by atoms with Gasteiger partial charge in [-0.3, -0.25) is 0 Å². The molecule has 0 saturated heterocycles. The second kappa shape index (κ2) is 6.55. The largest absolute Gasteiger partial charge is 0.368 e. The third-order valence-corrected chi connectivity index (χ3v) is 2.23. The molecule has 1 heterocycles. The van der Waals surface area contributed by atoms with Crippen LogP contribution in [-0.4, -0.2) is 17.6 Å². The first kappa shape index (κ1) is 13.9. The summed E-state index contributed by atoms with van der Waals surface area (Å²) < 4.78 is 13.2. The second-order valence-corrected chi connectivity index (χ2v) is 4.99. The highest BCUT2D eigenvalue weighted by molar-refractivity contribution is 5.44. The number of hydrogen-bond acceptors (Lipinski definition) is 3. The average molecular weight is 239 g/mol. The van der Waals surface area contributed by atoms with Gasteiger partial charge in [0.2, 0.25) is 0 Å². The first-order valence-corrected chi connectivity index (χ1v) is 6.10. The van der Waals surface area contributed by atoms with Crippen molar-refractivity contribution in [3.05, 3.63) is 23.6 Å². The van der Waals surface area contributed by atoms with Gasteiger partial charge in [-0.1, -0.05) is 13.8 Å². The van der Waals surface area contributed by atoms with Crippen molar-refractivity contribution in [3.63, 3.8) is 0 Å². The molecule has 0 aromatic carbocycles. The van der Waals surface area contributed by atoms with E-state index < -0.39 is 0 Å². The van der Waals surface area contributed by atoms with E-state index in [-0.39, 0.29) is 11.9 Å². The Labute approximate surface area is 103 Å². The maximum Gasteiger partial charge on any atom is 0.141 e. The summed E-state index contributed by atoms with van der Waals surface area (Å²) in [6.07, 6.45) is 1.25. The van der Waals surface area contributed by atoms with Crippen LogP contribution in [0.3, 0.4) is 0 Å². The summed E-state index contributed by atoms with van der Waals surface area (Å²) in [5, 5.41) is 6.52. The molecule has 0 spiro atoms. The van der Waals surface area contributed by atoms with Crippen molar-refractivity contribution in [2.24, 2.45) is 5.92 Å². The van der Waals surface area contributed by atoms with Crippen molar-refractivity contribution in [1.82, 2.24) is 10.3 Å². The zero-order chi connectivity index (χ0) is 12.8. The van der Waals surface area contributed by atoms with E-state index in [4.69, 9.17) is 0 Å². The van der Waals surface area contributed by atoms with Gasteiger partial charge in [0.25, 0.3) is 0 Å². The normalized spacial score (nSPS) is 11.2. The molecular weight excluding hydrogens is 217 g/mol. The summed E-state index contributed by atoms with van der Waals surface area (Å²) in [6.45, 7) is 9.91. The first-order valence-electron chi connectivity index (χ1n) is 6.10. The lowest BCUT2D eigenvalue weighted by Gasteiger charge is -2.14. The molecule has 0 atom stereocenters. The molecule has 4 heteroatoms. The lowest BCUT2D eigenvalue weighted by Crippen LogP contribution is -2.21. The number of rotatable bonds is 6. The van der Waals surface area contributed by atoms with Gasteiger partial charge in [-0.15, -0.1) is 0 Å². The van der Waals surface area contributed by atoms with Crippen LogP contribution in [0.5, 0.6) is 0 Å². The van der Waals surface area contributed by atoms with Crippen LogP contribution in [0.2, 0.25) is 0 Å². The maximum absolute atomic E-state index is 13.2. The monoisotopic (exact) mass is 239 g/mol. The van der Waals surface area contributed by atoms with Gasteiger partial charge < -0.3 is 10.6 Å². The number of nitrogens with zero attached hydrogens (tertiary/aromatic N) is 1. The molecule has 0 amide bonds. The number of pyridine rings is 1. The molecular formula is C13H22FN3. The average Bonchev–Trinajstić information content (AvgIpc) is 2.21. The van der Waals surface area contributed by atoms with Crippen LogP contribution in [0.4, 0.5) is 10.2 Å². The van der Waals surface area contributed by atoms with E-state index >= 15 is 0 Å². The smallest absolute Gasteiger partial charge is 0.141 e. The number of halogens is 1. The minimum absolute atomic E-state index is 0.289. The fourth-order valence-corrected chi connectivity index (χ4v) is 1.51. The summed E-state index contributed by atoms with van der Waals surface area (Å²) in [7, 11) is 0. The quantitative estimate of drug-likeness (QED) is 0.801. The standard InChI is InChI=1S/C13H22FN3/c1-9(2)6-15-7-11-5-12(14)8-16-13(11)17-10(3)4/h5,8-10,15H,6-7H2,1-4H3,(H,16,17). The van der Waals surface area contributed by atoms with Gasteiger partial charge in [0, 0.05) is 18.2 Å². The van der Waals surface area contributed by atoms with Gasteiger partial charge >= 0.3 is 0 Å². The van der Waals surface area contributed by atoms with Crippen molar-refractivity contribution < 1.29 is 4.39 Å². The van der Waals surface area contributed by atoms with Gasteiger partial charge in [0.1, 0.15) is 11.6 Å². The molecule has 0 radical (unpaired) electrons. The van der Waals surface area contributed by atoms with Gasteiger partial charge in [-0.05, 0) is 32.4 Å². The van der Waals surface area contributed by atoms with E-state index in [1.165, 1.54) is 12.3 Å². The van der Waals surface area contributed by atoms with Crippen LogP contribution >= 0.6 is 0 Å². The molecule has 0 aliphatic carbocycles. The third kappa shape index (κ3) is 5.13. The minimum Gasteiger partial charge on any atom is -0.368 e. The van der Waals surface area contributed by atoms with Crippen LogP contribution < -0.4 is 10.6 Å². The van der Waals surface area contributed by atoms with Crippen LogP contribution in [0.15, 0.2) is 12.3 Å². The lowest BCUT2D eigenvalue weighted by molar-refractivity contribution is 0.549. The first-order chi connectivity index (χ1) is 7.99. The van der Waals surface area contributed by atoms with Gasteiger partial charge in [-0.2, -0.15) is 0 Å². The van der Waals surface area contributed by atoms with Crippen molar-refractivity contribution in [2.75, 3.05) is 11.9 Å². The summed E-state index contributed by atoms with van der Waals surface area (Å²) in [4.78, 5) is 4.09. The summed E-state index contributed by atoms with van der Waals surface area (Å²) in [6, 6.07) is 1.82. The lowest BCUT2D eigenvalue weighted by atomic mass is 10.2. The minimum atomic E-state index is -0.291. The predicted molar refractivity (Wildman–Crippen MR) is 69.5 cm³/mol. The molecule has 3 nitrogen and oxygen atoms in total. The third-order valence-electron chi connectivity index (χ3n) is 2.23. The van der Waals surface area contributed by atoms with Gasteiger partial charge in [-0.25, -0.2) is 9.37 Å². The highest BCUT2D eigenvalue weighted by Crippen LogP contribution is 2.14. The Morgan fingerprint density at radius 1 is 1.29 bits per heavy atom. The van der Waals surface area contributed by atoms with E-state index in [1.807, 2.05) is 13.8 Å². The predicted octanol–water partition coefficient (Wildman–Crippen LogP) is 2.79. The van der Waals surface area contributed by atoms with E-state index in [9.17, 15) is 4.39 Å². The summed E-state index contributed by atoms with van der Waals surface area (Å²) in [5.74, 6) is 1.05. The molecule has 96 valence electrons. The van der Waals surface area contributed by atoms with E-state index in [1.54, 1.807) is 0 Å². The van der Waals surface area contributed by atoms with Crippen LogP contribution in [0.25, 0.3) is 0 Å².